The normalized spacial score (nSPS) is 11.5. The predicted octanol–water partition coefficient (Wildman–Crippen LogP) is 4.98. The molecule has 0 aliphatic carbocycles. The highest BCUT2D eigenvalue weighted by Gasteiger charge is 2.16. The van der Waals surface area contributed by atoms with Crippen molar-refractivity contribution in [3.63, 3.8) is 0 Å². The first kappa shape index (κ1) is 21.0. The maximum Gasteiger partial charge on any atom is 0.252 e. The van der Waals surface area contributed by atoms with E-state index in [1.165, 1.54) is 11.8 Å². The van der Waals surface area contributed by atoms with Crippen molar-refractivity contribution in [1.82, 2.24) is 5.32 Å². The van der Waals surface area contributed by atoms with Gasteiger partial charge in [0.1, 0.15) is 5.75 Å². The van der Waals surface area contributed by atoms with Gasteiger partial charge in [-0.2, -0.15) is 0 Å². The lowest BCUT2D eigenvalue weighted by Crippen LogP contribution is -2.26. The van der Waals surface area contributed by atoms with Crippen LogP contribution in [0.1, 0.15) is 28.2 Å². The zero-order valence-electron chi connectivity index (χ0n) is 16.2. The van der Waals surface area contributed by atoms with Crippen LogP contribution in [0.4, 0.5) is 5.69 Å². The summed E-state index contributed by atoms with van der Waals surface area (Å²) in [6.45, 7) is 1.96. The van der Waals surface area contributed by atoms with Gasteiger partial charge in [-0.15, -0.1) is 23.1 Å². The van der Waals surface area contributed by atoms with Gasteiger partial charge in [-0.05, 0) is 42.6 Å². The van der Waals surface area contributed by atoms with Gasteiger partial charge in [0, 0.05) is 21.5 Å². The number of methoxy groups -OCH3 is 1. The van der Waals surface area contributed by atoms with Gasteiger partial charge in [0.2, 0.25) is 5.91 Å². The van der Waals surface area contributed by atoms with E-state index in [2.05, 4.69) is 10.6 Å². The SMILES string of the molecule is COc1cccc(NC(=O)CSc2ccccc2C(=O)NC(C)c2cccs2)c1. The summed E-state index contributed by atoms with van der Waals surface area (Å²) in [4.78, 5) is 26.9. The molecular formula is C22H22N2O3S2. The highest BCUT2D eigenvalue weighted by atomic mass is 32.2. The molecule has 1 unspecified atom stereocenters. The van der Waals surface area contributed by atoms with Crippen LogP contribution in [-0.4, -0.2) is 24.7 Å². The fourth-order valence-electron chi connectivity index (χ4n) is 2.70. The molecule has 3 rings (SSSR count). The van der Waals surface area contributed by atoms with Crippen molar-refractivity contribution < 1.29 is 14.3 Å². The van der Waals surface area contributed by atoms with Gasteiger partial charge in [-0.1, -0.05) is 24.3 Å². The fourth-order valence-corrected chi connectivity index (χ4v) is 4.29. The molecule has 3 aromatic rings. The van der Waals surface area contributed by atoms with E-state index >= 15 is 0 Å². The molecule has 0 spiro atoms. The second-order valence-corrected chi connectivity index (χ2v) is 8.27. The molecule has 0 fully saturated rings. The third-order valence-electron chi connectivity index (χ3n) is 4.16. The first-order chi connectivity index (χ1) is 14.1. The number of thiophene rings is 1. The van der Waals surface area contributed by atoms with Crippen molar-refractivity contribution in [3.05, 3.63) is 76.5 Å². The summed E-state index contributed by atoms with van der Waals surface area (Å²) in [7, 11) is 1.58. The molecule has 150 valence electrons. The molecule has 7 heteroatoms. The van der Waals surface area contributed by atoms with Crippen molar-refractivity contribution in [1.29, 1.82) is 0 Å². The van der Waals surface area contributed by atoms with Crippen LogP contribution < -0.4 is 15.4 Å². The van der Waals surface area contributed by atoms with Crippen LogP contribution >= 0.6 is 23.1 Å². The summed E-state index contributed by atoms with van der Waals surface area (Å²) in [6, 6.07) is 18.4. The van der Waals surface area contributed by atoms with E-state index in [0.717, 1.165) is 9.77 Å². The number of carbonyl (C=O) groups is 2. The maximum absolute atomic E-state index is 12.7. The minimum atomic E-state index is -0.151. The zero-order valence-corrected chi connectivity index (χ0v) is 17.8. The summed E-state index contributed by atoms with van der Waals surface area (Å²) in [5, 5.41) is 7.86. The molecule has 2 amide bonds. The van der Waals surface area contributed by atoms with E-state index in [1.54, 1.807) is 36.6 Å². The van der Waals surface area contributed by atoms with E-state index in [9.17, 15) is 9.59 Å². The molecule has 29 heavy (non-hydrogen) atoms. The monoisotopic (exact) mass is 426 g/mol. The maximum atomic E-state index is 12.7. The molecule has 2 N–H and O–H groups in total. The Balaban J connectivity index is 1.61. The Kier molecular flexibility index (Phi) is 7.32. The van der Waals surface area contributed by atoms with Crippen LogP contribution in [0.5, 0.6) is 5.75 Å². The molecule has 1 heterocycles. The zero-order chi connectivity index (χ0) is 20.6. The van der Waals surface area contributed by atoms with Crippen LogP contribution in [0.25, 0.3) is 0 Å². The number of hydrogen-bond donors (Lipinski definition) is 2. The fraction of sp³-hybridized carbons (Fsp3) is 0.182. The lowest BCUT2D eigenvalue weighted by Gasteiger charge is -2.14. The van der Waals surface area contributed by atoms with E-state index in [-0.39, 0.29) is 23.6 Å². The van der Waals surface area contributed by atoms with Crippen LogP contribution in [0.15, 0.2) is 70.9 Å². The third kappa shape index (κ3) is 5.85. The molecule has 1 atom stereocenters. The van der Waals surface area contributed by atoms with E-state index < -0.39 is 0 Å². The molecular weight excluding hydrogens is 404 g/mol. The number of amides is 2. The second-order valence-electron chi connectivity index (χ2n) is 6.28. The van der Waals surface area contributed by atoms with Crippen LogP contribution in [0.2, 0.25) is 0 Å². The van der Waals surface area contributed by atoms with Gasteiger partial charge in [0.15, 0.2) is 0 Å². The first-order valence-corrected chi connectivity index (χ1v) is 10.9. The average molecular weight is 427 g/mol. The molecule has 0 aliphatic rings. The van der Waals surface area contributed by atoms with Gasteiger partial charge in [0.25, 0.3) is 5.91 Å². The van der Waals surface area contributed by atoms with Crippen molar-refractivity contribution in [2.75, 3.05) is 18.2 Å². The molecule has 0 radical (unpaired) electrons. The van der Waals surface area contributed by atoms with Crippen molar-refractivity contribution >= 4 is 40.6 Å². The molecule has 0 aliphatic heterocycles. The van der Waals surface area contributed by atoms with Gasteiger partial charge in [-0.25, -0.2) is 0 Å². The number of nitrogens with one attached hydrogen (secondary N) is 2. The van der Waals surface area contributed by atoms with Gasteiger partial charge < -0.3 is 15.4 Å². The third-order valence-corrected chi connectivity index (χ3v) is 6.29. The topological polar surface area (TPSA) is 67.4 Å². The summed E-state index contributed by atoms with van der Waals surface area (Å²) in [5.74, 6) is 0.576. The molecule has 2 aromatic carbocycles. The lowest BCUT2D eigenvalue weighted by atomic mass is 10.2. The molecule has 0 bridgehead atoms. The quantitative estimate of drug-likeness (QED) is 0.499. The summed E-state index contributed by atoms with van der Waals surface area (Å²) < 4.78 is 5.17. The number of benzene rings is 2. The molecule has 1 aromatic heterocycles. The summed E-state index contributed by atoms with van der Waals surface area (Å²) in [5.41, 5.74) is 1.24. The number of anilines is 1. The minimum absolute atomic E-state index is 0.0723. The first-order valence-electron chi connectivity index (χ1n) is 9.07. The summed E-state index contributed by atoms with van der Waals surface area (Å²) in [6.07, 6.45) is 0. The number of ether oxygens (including phenoxy) is 1. The number of rotatable bonds is 8. The second kappa shape index (κ2) is 10.1. The van der Waals surface area contributed by atoms with Crippen LogP contribution in [0, 0.1) is 0 Å². The van der Waals surface area contributed by atoms with E-state index in [1.807, 2.05) is 54.8 Å². The molecule has 0 saturated heterocycles. The summed E-state index contributed by atoms with van der Waals surface area (Å²) >= 11 is 2.94. The van der Waals surface area contributed by atoms with Crippen molar-refractivity contribution in [2.45, 2.75) is 17.9 Å². The van der Waals surface area contributed by atoms with Crippen LogP contribution in [0.3, 0.4) is 0 Å². The Morgan fingerprint density at radius 3 is 2.69 bits per heavy atom. The number of hydrogen-bond acceptors (Lipinski definition) is 5. The Morgan fingerprint density at radius 2 is 1.93 bits per heavy atom. The Hall–Kier alpha value is -2.77. The lowest BCUT2D eigenvalue weighted by molar-refractivity contribution is -0.113. The van der Waals surface area contributed by atoms with E-state index in [0.29, 0.717) is 17.0 Å². The van der Waals surface area contributed by atoms with Crippen molar-refractivity contribution in [2.24, 2.45) is 0 Å². The highest BCUT2D eigenvalue weighted by Crippen LogP contribution is 2.25. The van der Waals surface area contributed by atoms with Gasteiger partial charge in [-0.3, -0.25) is 9.59 Å². The molecule has 0 saturated carbocycles. The largest absolute Gasteiger partial charge is 0.497 e. The van der Waals surface area contributed by atoms with Crippen molar-refractivity contribution in [3.8, 4) is 5.75 Å². The Bertz CT molecular complexity index is 974. The van der Waals surface area contributed by atoms with E-state index in [4.69, 9.17) is 4.74 Å². The Morgan fingerprint density at radius 1 is 1.10 bits per heavy atom. The number of carbonyl (C=O) groups excluding carboxylic acids is 2. The minimum Gasteiger partial charge on any atom is -0.497 e. The number of thioether (sulfide) groups is 1. The highest BCUT2D eigenvalue weighted by molar-refractivity contribution is 8.00. The predicted molar refractivity (Wildman–Crippen MR) is 119 cm³/mol. The van der Waals surface area contributed by atoms with Gasteiger partial charge in [0.05, 0.1) is 24.5 Å². The molecule has 5 nitrogen and oxygen atoms in total. The van der Waals surface area contributed by atoms with Gasteiger partial charge >= 0.3 is 0 Å². The Labute approximate surface area is 178 Å². The average Bonchev–Trinajstić information content (AvgIpc) is 3.27. The smallest absolute Gasteiger partial charge is 0.252 e. The van der Waals surface area contributed by atoms with Crippen LogP contribution in [-0.2, 0) is 4.79 Å². The standard InChI is InChI=1S/C22H22N2O3S2/c1-15(19-11-6-12-28-19)23-22(26)18-9-3-4-10-20(18)29-14-21(25)24-16-7-5-8-17(13-16)27-2/h3-13,15H,14H2,1-2H3,(H,23,26)(H,24,25).